The standard InChI is InChI=1S/C20H28ClN5O/c1-15-9-13-25(14-10-15)12-4-3-11-22-20(27)19-23-16(2)26(24-19)18-7-5-17(21)6-8-18/h5-8,15H,3-4,9-14H2,1-2H3,(H,22,27). The van der Waals surface area contributed by atoms with Crippen LogP contribution >= 0.6 is 11.6 Å². The number of halogens is 1. The van der Waals surface area contributed by atoms with Gasteiger partial charge in [-0.1, -0.05) is 18.5 Å². The van der Waals surface area contributed by atoms with E-state index >= 15 is 0 Å². The largest absolute Gasteiger partial charge is 0.349 e. The molecule has 0 spiro atoms. The molecule has 0 aliphatic carbocycles. The fourth-order valence-electron chi connectivity index (χ4n) is 3.34. The Balaban J connectivity index is 1.43. The first-order chi connectivity index (χ1) is 13.0. The number of rotatable bonds is 7. The van der Waals surface area contributed by atoms with E-state index in [1.807, 2.05) is 19.1 Å². The van der Waals surface area contributed by atoms with E-state index in [0.717, 1.165) is 31.0 Å². The zero-order valence-corrected chi connectivity index (χ0v) is 16.9. The molecule has 0 atom stereocenters. The molecule has 27 heavy (non-hydrogen) atoms. The van der Waals surface area contributed by atoms with Gasteiger partial charge in [-0.25, -0.2) is 9.67 Å². The molecule has 0 unspecified atom stereocenters. The fourth-order valence-corrected chi connectivity index (χ4v) is 3.47. The molecule has 6 nitrogen and oxygen atoms in total. The summed E-state index contributed by atoms with van der Waals surface area (Å²) in [5.74, 6) is 1.51. The molecule has 0 saturated carbocycles. The van der Waals surface area contributed by atoms with Crippen molar-refractivity contribution >= 4 is 17.5 Å². The molecule has 2 aromatic rings. The molecule has 3 rings (SSSR count). The van der Waals surface area contributed by atoms with Gasteiger partial charge < -0.3 is 10.2 Å². The van der Waals surface area contributed by atoms with Crippen LogP contribution in [0.25, 0.3) is 5.69 Å². The molecule has 1 aliphatic heterocycles. The number of nitrogens with one attached hydrogen (secondary N) is 1. The third-order valence-electron chi connectivity index (χ3n) is 5.11. The maximum atomic E-state index is 12.3. The Morgan fingerprint density at radius 3 is 2.63 bits per heavy atom. The Bertz CT molecular complexity index is 750. The minimum absolute atomic E-state index is 0.201. The fraction of sp³-hybridized carbons (Fsp3) is 0.550. The van der Waals surface area contributed by atoms with Crippen molar-refractivity contribution in [3.05, 3.63) is 40.9 Å². The number of aryl methyl sites for hydroxylation is 1. The Labute approximate surface area is 165 Å². The molecular formula is C20H28ClN5O. The third-order valence-corrected chi connectivity index (χ3v) is 5.36. The summed E-state index contributed by atoms with van der Waals surface area (Å²) in [6, 6.07) is 7.29. The molecule has 7 heteroatoms. The van der Waals surface area contributed by atoms with Gasteiger partial charge in [0.05, 0.1) is 5.69 Å². The Morgan fingerprint density at radius 2 is 1.93 bits per heavy atom. The van der Waals surface area contributed by atoms with E-state index < -0.39 is 0 Å². The number of amides is 1. The summed E-state index contributed by atoms with van der Waals surface area (Å²) >= 11 is 5.92. The van der Waals surface area contributed by atoms with Crippen LogP contribution in [0.4, 0.5) is 0 Å². The number of nitrogens with zero attached hydrogens (tertiary/aromatic N) is 4. The number of benzene rings is 1. The van der Waals surface area contributed by atoms with Gasteiger partial charge in [0.2, 0.25) is 5.82 Å². The highest BCUT2D eigenvalue weighted by molar-refractivity contribution is 6.30. The summed E-state index contributed by atoms with van der Waals surface area (Å²) in [4.78, 5) is 19.1. The molecule has 146 valence electrons. The van der Waals surface area contributed by atoms with Crippen LogP contribution in [0.5, 0.6) is 0 Å². The molecule has 0 radical (unpaired) electrons. The normalized spacial score (nSPS) is 15.8. The second-order valence-electron chi connectivity index (χ2n) is 7.36. The van der Waals surface area contributed by atoms with Crippen molar-refractivity contribution in [2.75, 3.05) is 26.2 Å². The van der Waals surface area contributed by atoms with Crippen LogP contribution in [-0.4, -0.2) is 51.8 Å². The van der Waals surface area contributed by atoms with E-state index in [0.29, 0.717) is 17.4 Å². The van der Waals surface area contributed by atoms with Gasteiger partial charge in [0.1, 0.15) is 5.82 Å². The molecule has 1 aromatic carbocycles. The smallest absolute Gasteiger partial charge is 0.290 e. The highest BCUT2D eigenvalue weighted by Crippen LogP contribution is 2.16. The minimum Gasteiger partial charge on any atom is -0.349 e. The van der Waals surface area contributed by atoms with Crippen LogP contribution in [-0.2, 0) is 0 Å². The maximum Gasteiger partial charge on any atom is 0.290 e. The van der Waals surface area contributed by atoms with Crippen LogP contribution < -0.4 is 5.32 Å². The Kier molecular flexibility index (Phi) is 6.85. The van der Waals surface area contributed by atoms with E-state index in [-0.39, 0.29) is 11.7 Å². The van der Waals surface area contributed by atoms with Gasteiger partial charge in [-0.05, 0) is 82.4 Å². The highest BCUT2D eigenvalue weighted by Gasteiger charge is 2.16. The zero-order valence-electron chi connectivity index (χ0n) is 16.1. The van der Waals surface area contributed by atoms with Crippen LogP contribution in [0.1, 0.15) is 49.1 Å². The Morgan fingerprint density at radius 1 is 1.22 bits per heavy atom. The second kappa shape index (κ2) is 9.33. The summed E-state index contributed by atoms with van der Waals surface area (Å²) in [7, 11) is 0. The van der Waals surface area contributed by atoms with Crippen molar-refractivity contribution < 1.29 is 4.79 Å². The lowest BCUT2D eigenvalue weighted by Crippen LogP contribution is -2.34. The lowest BCUT2D eigenvalue weighted by Gasteiger charge is -2.30. The van der Waals surface area contributed by atoms with Crippen molar-refractivity contribution in [2.24, 2.45) is 5.92 Å². The number of hydrogen-bond acceptors (Lipinski definition) is 4. The third kappa shape index (κ3) is 5.53. The number of hydrogen-bond donors (Lipinski definition) is 1. The second-order valence-corrected chi connectivity index (χ2v) is 7.79. The molecule has 2 heterocycles. The monoisotopic (exact) mass is 389 g/mol. The van der Waals surface area contributed by atoms with Crippen molar-refractivity contribution in [1.82, 2.24) is 25.0 Å². The summed E-state index contributed by atoms with van der Waals surface area (Å²) in [5, 5.41) is 7.92. The van der Waals surface area contributed by atoms with Gasteiger partial charge in [-0.3, -0.25) is 4.79 Å². The molecular weight excluding hydrogens is 362 g/mol. The molecule has 1 amide bonds. The molecule has 1 aromatic heterocycles. The number of carbonyl (C=O) groups is 1. The molecule has 1 N–H and O–H groups in total. The van der Waals surface area contributed by atoms with E-state index in [2.05, 4.69) is 27.2 Å². The topological polar surface area (TPSA) is 63.1 Å². The van der Waals surface area contributed by atoms with Crippen LogP contribution in [0.2, 0.25) is 5.02 Å². The first kappa shape index (κ1) is 19.8. The van der Waals surface area contributed by atoms with Crippen molar-refractivity contribution in [1.29, 1.82) is 0 Å². The van der Waals surface area contributed by atoms with E-state index in [9.17, 15) is 4.79 Å². The first-order valence-electron chi connectivity index (χ1n) is 9.73. The van der Waals surface area contributed by atoms with Gasteiger partial charge in [0, 0.05) is 11.6 Å². The number of carbonyl (C=O) groups excluding carboxylic acids is 1. The van der Waals surface area contributed by atoms with Gasteiger partial charge in [0.15, 0.2) is 0 Å². The first-order valence-corrected chi connectivity index (χ1v) is 10.1. The van der Waals surface area contributed by atoms with Gasteiger partial charge in [-0.15, -0.1) is 5.10 Å². The number of piperidine rings is 1. The highest BCUT2D eigenvalue weighted by atomic mass is 35.5. The van der Waals surface area contributed by atoms with E-state index in [4.69, 9.17) is 11.6 Å². The predicted molar refractivity (Wildman–Crippen MR) is 108 cm³/mol. The number of aromatic nitrogens is 3. The average molecular weight is 390 g/mol. The summed E-state index contributed by atoms with van der Waals surface area (Å²) in [6.07, 6.45) is 4.67. The maximum absolute atomic E-state index is 12.3. The quantitative estimate of drug-likeness (QED) is 0.736. The summed E-state index contributed by atoms with van der Waals surface area (Å²) in [5.41, 5.74) is 0.833. The molecule has 1 saturated heterocycles. The molecule has 0 bridgehead atoms. The Hall–Kier alpha value is -1.92. The van der Waals surface area contributed by atoms with E-state index in [1.165, 1.54) is 25.9 Å². The van der Waals surface area contributed by atoms with E-state index in [1.54, 1.807) is 16.8 Å². The minimum atomic E-state index is -0.224. The van der Waals surface area contributed by atoms with Crippen molar-refractivity contribution in [3.63, 3.8) is 0 Å². The predicted octanol–water partition coefficient (Wildman–Crippen LogP) is 3.47. The zero-order chi connectivity index (χ0) is 19.2. The lowest BCUT2D eigenvalue weighted by molar-refractivity contribution is 0.0942. The molecule has 1 fully saturated rings. The lowest BCUT2D eigenvalue weighted by atomic mass is 9.99. The van der Waals surface area contributed by atoms with Gasteiger partial charge in [-0.2, -0.15) is 0 Å². The van der Waals surface area contributed by atoms with Crippen LogP contribution in [0.3, 0.4) is 0 Å². The van der Waals surface area contributed by atoms with Crippen molar-refractivity contribution in [2.45, 2.75) is 39.5 Å². The summed E-state index contributed by atoms with van der Waals surface area (Å²) < 4.78 is 1.66. The number of likely N-dealkylation sites (tertiary alicyclic amines) is 1. The number of unbranched alkanes of at least 4 members (excludes halogenated alkanes) is 1. The molecule has 1 aliphatic rings. The van der Waals surface area contributed by atoms with Crippen LogP contribution in [0.15, 0.2) is 24.3 Å². The van der Waals surface area contributed by atoms with Gasteiger partial charge >= 0.3 is 0 Å². The SMILES string of the molecule is Cc1nc(C(=O)NCCCCN2CCC(C)CC2)nn1-c1ccc(Cl)cc1. The van der Waals surface area contributed by atoms with Crippen molar-refractivity contribution in [3.8, 4) is 5.69 Å². The average Bonchev–Trinajstić information content (AvgIpc) is 3.05. The van der Waals surface area contributed by atoms with Gasteiger partial charge in [0.25, 0.3) is 5.91 Å². The van der Waals surface area contributed by atoms with Crippen LogP contribution in [0, 0.1) is 12.8 Å². The summed E-state index contributed by atoms with van der Waals surface area (Å²) in [6.45, 7) is 8.34.